The molecule has 5 amide bonds. The number of hydrogen-bond donors (Lipinski definition) is 12. The number of nitrogens with two attached hydrogens (primary N) is 6. The Morgan fingerprint density at radius 3 is 1.45 bits per heavy atom. The van der Waals surface area contributed by atoms with Crippen molar-refractivity contribution in [2.24, 2.45) is 45.3 Å². The van der Waals surface area contributed by atoms with Crippen molar-refractivity contribution in [2.45, 2.75) is 121 Å². The zero-order valence-corrected chi connectivity index (χ0v) is 30.3. The lowest BCUT2D eigenvalue weighted by molar-refractivity contribution is -0.138. The van der Waals surface area contributed by atoms with E-state index in [9.17, 15) is 28.8 Å². The average Bonchev–Trinajstić information content (AvgIpc) is 3.06. The third-order valence-corrected chi connectivity index (χ3v) is 7.80. The molecule has 18 N–H and O–H groups in total. The smallest absolute Gasteiger partial charge is 0.322 e. The highest BCUT2D eigenvalue weighted by Gasteiger charge is 2.32. The highest BCUT2D eigenvalue weighted by molar-refractivity contribution is 5.96. The molecule has 0 aromatic carbocycles. The van der Waals surface area contributed by atoms with Gasteiger partial charge in [0.05, 0.1) is 6.04 Å². The maximum absolute atomic E-state index is 13.7. The summed E-state index contributed by atoms with van der Waals surface area (Å²) in [5.74, 6) is -4.66. The third kappa shape index (κ3) is 22.4. The number of aliphatic imine (C=N–C) groups is 1. The summed E-state index contributed by atoms with van der Waals surface area (Å²) in [6, 6.07) is -5.20. The molecule has 0 aliphatic heterocycles. The number of rotatable bonds is 29. The molecular formula is C32H64N12O7. The van der Waals surface area contributed by atoms with Crippen molar-refractivity contribution in [3.05, 3.63) is 0 Å². The van der Waals surface area contributed by atoms with Crippen LogP contribution in [0.3, 0.4) is 0 Å². The Morgan fingerprint density at radius 1 is 0.588 bits per heavy atom. The van der Waals surface area contributed by atoms with Crippen LogP contribution in [0.5, 0.6) is 0 Å². The van der Waals surface area contributed by atoms with Crippen molar-refractivity contribution in [1.29, 1.82) is 0 Å². The number of carbonyl (C=O) groups excluding carboxylic acids is 5. The topological polar surface area (TPSA) is 351 Å². The van der Waals surface area contributed by atoms with Crippen molar-refractivity contribution < 1.29 is 33.9 Å². The van der Waals surface area contributed by atoms with E-state index in [4.69, 9.17) is 39.5 Å². The molecule has 0 aliphatic rings. The van der Waals surface area contributed by atoms with Crippen molar-refractivity contribution in [1.82, 2.24) is 26.6 Å². The fraction of sp³-hybridized carbons (Fsp3) is 0.781. The molecule has 0 rings (SSSR count). The Bertz CT molecular complexity index is 1100. The molecule has 0 unspecified atom stereocenters. The highest BCUT2D eigenvalue weighted by Crippen LogP contribution is 2.11. The molecule has 0 fully saturated rings. The number of unbranched alkanes of at least 4 members (excludes halogenated alkanes) is 3. The average molecular weight is 729 g/mol. The zero-order chi connectivity index (χ0) is 38.8. The van der Waals surface area contributed by atoms with Gasteiger partial charge in [0.2, 0.25) is 29.5 Å². The second-order valence-corrected chi connectivity index (χ2v) is 12.9. The third-order valence-electron chi connectivity index (χ3n) is 7.80. The second-order valence-electron chi connectivity index (χ2n) is 12.9. The number of carboxylic acid groups (broad SMARTS) is 1. The molecular weight excluding hydrogens is 664 g/mol. The van der Waals surface area contributed by atoms with E-state index in [0.717, 1.165) is 0 Å². The van der Waals surface area contributed by atoms with E-state index in [1.807, 2.05) is 13.8 Å². The molecule has 0 saturated heterocycles. The van der Waals surface area contributed by atoms with Gasteiger partial charge in [-0.25, -0.2) is 0 Å². The van der Waals surface area contributed by atoms with E-state index in [1.54, 1.807) is 0 Å². The van der Waals surface area contributed by atoms with Gasteiger partial charge in [-0.1, -0.05) is 20.3 Å². The molecule has 0 aliphatic carbocycles. The van der Waals surface area contributed by atoms with Crippen LogP contribution in [0.25, 0.3) is 0 Å². The summed E-state index contributed by atoms with van der Waals surface area (Å²) in [6.07, 6.45) is 4.91. The molecule has 0 bridgehead atoms. The number of aliphatic carboxylic acids is 1. The summed E-state index contributed by atoms with van der Waals surface area (Å²) in [5, 5.41) is 22.1. The highest BCUT2D eigenvalue weighted by atomic mass is 16.4. The SMILES string of the molecule is CC(C)C[C@H](NC(=O)[C@H](CCCCN)NC(=O)[C@H](CCCCN)NC(=O)[C@@H](N)CCCCN)C(=O)N[C@@H](CCCN=C(N)N)C(=O)NCC(=O)O. The number of carbonyl (C=O) groups is 6. The van der Waals surface area contributed by atoms with Crippen LogP contribution in [0.4, 0.5) is 0 Å². The Balaban J connectivity index is 6.07. The van der Waals surface area contributed by atoms with Crippen LogP contribution in [0, 0.1) is 5.92 Å². The van der Waals surface area contributed by atoms with Crippen molar-refractivity contribution in [3.63, 3.8) is 0 Å². The van der Waals surface area contributed by atoms with Gasteiger partial charge in [-0.15, -0.1) is 0 Å². The van der Waals surface area contributed by atoms with Crippen LogP contribution in [0.15, 0.2) is 4.99 Å². The molecule has 0 spiro atoms. The Kier molecular flexibility index (Phi) is 25.4. The van der Waals surface area contributed by atoms with Gasteiger partial charge in [0.25, 0.3) is 0 Å². The second kappa shape index (κ2) is 27.6. The predicted molar refractivity (Wildman–Crippen MR) is 194 cm³/mol. The lowest BCUT2D eigenvalue weighted by Crippen LogP contribution is -2.59. The molecule has 0 saturated carbocycles. The molecule has 0 aromatic heterocycles. The standard InChI is InChI=1S/C32H64N12O7/c1-20(2)18-25(31(51)42-22(13-9-17-39-32(37)38)28(48)40-19-26(45)46)44-30(50)24(12-5-8-16-35)43-29(49)23(11-4-7-15-34)41-27(47)21(36)10-3-6-14-33/h20-25H,3-19,33-36H2,1-2H3,(H,40,48)(H,41,47)(H,42,51)(H,43,49)(H,44,50)(H,45,46)(H4,37,38,39)/t21-,22-,23-,24-,25-/m0/s1. The van der Waals surface area contributed by atoms with E-state index >= 15 is 0 Å². The molecule has 51 heavy (non-hydrogen) atoms. The van der Waals surface area contributed by atoms with Gasteiger partial charge in [-0.2, -0.15) is 0 Å². The van der Waals surface area contributed by atoms with Crippen molar-refractivity contribution in [3.8, 4) is 0 Å². The summed E-state index contributed by atoms with van der Waals surface area (Å²) >= 11 is 0. The maximum atomic E-state index is 13.7. The molecule has 294 valence electrons. The maximum Gasteiger partial charge on any atom is 0.322 e. The molecule has 19 nitrogen and oxygen atoms in total. The first-order valence-corrected chi connectivity index (χ1v) is 17.8. The van der Waals surface area contributed by atoms with Gasteiger partial charge in [0.15, 0.2) is 5.96 Å². The normalized spacial score (nSPS) is 13.9. The van der Waals surface area contributed by atoms with Crippen LogP contribution < -0.4 is 61.0 Å². The van der Waals surface area contributed by atoms with Gasteiger partial charge in [0, 0.05) is 6.54 Å². The minimum atomic E-state index is -1.27. The van der Waals surface area contributed by atoms with Crippen LogP contribution in [0.1, 0.15) is 90.9 Å². The summed E-state index contributed by atoms with van der Waals surface area (Å²) in [7, 11) is 0. The number of nitrogens with one attached hydrogen (secondary N) is 5. The molecule has 0 radical (unpaired) electrons. The number of amides is 5. The molecule has 5 atom stereocenters. The Labute approximate surface area is 300 Å². The summed E-state index contributed by atoms with van der Waals surface area (Å²) < 4.78 is 0. The number of nitrogens with zero attached hydrogens (tertiary/aromatic N) is 1. The van der Waals surface area contributed by atoms with Crippen LogP contribution in [-0.4, -0.2) is 110 Å². The minimum absolute atomic E-state index is 0.0715. The molecule has 0 aromatic rings. The Morgan fingerprint density at radius 2 is 1.00 bits per heavy atom. The predicted octanol–water partition coefficient (Wildman–Crippen LogP) is -3.06. The fourth-order valence-corrected chi connectivity index (χ4v) is 5.02. The number of carboxylic acids is 1. The lowest BCUT2D eigenvalue weighted by atomic mass is 10.0. The first-order chi connectivity index (χ1) is 24.2. The van der Waals surface area contributed by atoms with Gasteiger partial charge in [-0.3, -0.25) is 33.8 Å². The minimum Gasteiger partial charge on any atom is -0.480 e. The summed E-state index contributed by atoms with van der Waals surface area (Å²) in [4.78, 5) is 81.5. The van der Waals surface area contributed by atoms with E-state index < -0.39 is 72.3 Å². The van der Waals surface area contributed by atoms with Gasteiger partial charge < -0.3 is 66.1 Å². The number of hydrogen-bond acceptors (Lipinski definition) is 11. The lowest BCUT2D eigenvalue weighted by Gasteiger charge is -2.27. The Hall–Kier alpha value is -4.07. The van der Waals surface area contributed by atoms with E-state index in [-0.39, 0.29) is 50.5 Å². The fourth-order valence-electron chi connectivity index (χ4n) is 5.02. The van der Waals surface area contributed by atoms with E-state index in [2.05, 4.69) is 31.6 Å². The van der Waals surface area contributed by atoms with Crippen molar-refractivity contribution >= 4 is 41.5 Å². The van der Waals surface area contributed by atoms with Crippen molar-refractivity contribution in [2.75, 3.05) is 32.7 Å². The van der Waals surface area contributed by atoms with Crippen LogP contribution >= 0.6 is 0 Å². The molecule has 19 heteroatoms. The van der Waals surface area contributed by atoms with Gasteiger partial charge in [0.1, 0.15) is 30.7 Å². The van der Waals surface area contributed by atoms with Crippen LogP contribution in [-0.2, 0) is 28.8 Å². The zero-order valence-electron chi connectivity index (χ0n) is 30.3. The number of guanidine groups is 1. The monoisotopic (exact) mass is 729 g/mol. The van der Waals surface area contributed by atoms with Crippen LogP contribution in [0.2, 0.25) is 0 Å². The van der Waals surface area contributed by atoms with Gasteiger partial charge >= 0.3 is 5.97 Å². The van der Waals surface area contributed by atoms with E-state index in [1.165, 1.54) is 0 Å². The molecule has 0 heterocycles. The largest absolute Gasteiger partial charge is 0.480 e. The summed E-state index contributed by atoms with van der Waals surface area (Å²) in [5.41, 5.74) is 33.6. The quantitative estimate of drug-likeness (QED) is 0.0207. The summed E-state index contributed by atoms with van der Waals surface area (Å²) in [6.45, 7) is 4.39. The first-order valence-electron chi connectivity index (χ1n) is 17.8. The van der Waals surface area contributed by atoms with E-state index in [0.29, 0.717) is 64.6 Å². The first kappa shape index (κ1) is 46.9. The van der Waals surface area contributed by atoms with Gasteiger partial charge in [-0.05, 0) is 96.2 Å².